The largest absolute Gasteiger partial charge is 0.432 e. The van der Waals surface area contributed by atoms with Crippen LogP contribution in [0.3, 0.4) is 0 Å². The number of anilines is 1. The average Bonchev–Trinajstić information content (AvgIpc) is 2.67. The van der Waals surface area contributed by atoms with Crippen molar-refractivity contribution in [2.24, 2.45) is 0 Å². The molecule has 2 rings (SSSR count). The van der Waals surface area contributed by atoms with Gasteiger partial charge in [0.25, 0.3) is 6.01 Å². The standard InChI is InChI=1S/C8H12N2O3S/c11-5-7-6-13-8(9-7)10-1-3-14(12)4-2-10/h6,11H,1-5H2. The van der Waals surface area contributed by atoms with Gasteiger partial charge in [-0.1, -0.05) is 0 Å². The van der Waals surface area contributed by atoms with Crippen LogP contribution < -0.4 is 4.90 Å². The highest BCUT2D eigenvalue weighted by Gasteiger charge is 2.19. The zero-order chi connectivity index (χ0) is 9.97. The highest BCUT2D eigenvalue weighted by atomic mass is 32.2. The van der Waals surface area contributed by atoms with Crippen molar-refractivity contribution in [3.05, 3.63) is 12.0 Å². The second-order valence-corrected chi connectivity index (χ2v) is 4.81. The molecule has 1 N–H and O–H groups in total. The Morgan fingerprint density at radius 3 is 2.86 bits per heavy atom. The van der Waals surface area contributed by atoms with Crippen LogP contribution in [-0.4, -0.2) is 38.9 Å². The quantitative estimate of drug-likeness (QED) is 0.737. The summed E-state index contributed by atoms with van der Waals surface area (Å²) >= 11 is 0. The predicted octanol–water partition coefficient (Wildman–Crippen LogP) is -0.264. The number of aliphatic hydroxyl groups is 1. The zero-order valence-corrected chi connectivity index (χ0v) is 8.50. The molecule has 0 aromatic carbocycles. The summed E-state index contributed by atoms with van der Waals surface area (Å²) in [7, 11) is -0.690. The van der Waals surface area contributed by atoms with Gasteiger partial charge in [-0.15, -0.1) is 0 Å². The van der Waals surface area contributed by atoms with Crippen LogP contribution in [-0.2, 0) is 17.4 Å². The van der Waals surface area contributed by atoms with Crippen molar-refractivity contribution in [2.75, 3.05) is 29.5 Å². The second-order valence-electron chi connectivity index (χ2n) is 3.11. The van der Waals surface area contributed by atoms with Crippen LogP contribution in [0.1, 0.15) is 5.69 Å². The van der Waals surface area contributed by atoms with E-state index < -0.39 is 10.8 Å². The van der Waals surface area contributed by atoms with E-state index in [2.05, 4.69) is 4.98 Å². The van der Waals surface area contributed by atoms with E-state index in [0.717, 1.165) is 0 Å². The summed E-state index contributed by atoms with van der Waals surface area (Å²) in [6.07, 6.45) is 1.45. The third kappa shape index (κ3) is 1.96. The van der Waals surface area contributed by atoms with E-state index in [1.54, 1.807) is 0 Å². The van der Waals surface area contributed by atoms with Gasteiger partial charge < -0.3 is 14.4 Å². The molecule has 0 amide bonds. The van der Waals surface area contributed by atoms with E-state index in [1.807, 2.05) is 4.90 Å². The molecule has 0 spiro atoms. The minimum Gasteiger partial charge on any atom is -0.432 e. The van der Waals surface area contributed by atoms with E-state index >= 15 is 0 Å². The Bertz CT molecular complexity index is 329. The first-order chi connectivity index (χ1) is 6.79. The number of rotatable bonds is 2. The summed E-state index contributed by atoms with van der Waals surface area (Å²) in [5, 5.41) is 8.80. The Morgan fingerprint density at radius 2 is 2.29 bits per heavy atom. The van der Waals surface area contributed by atoms with Gasteiger partial charge in [-0.25, -0.2) is 0 Å². The first-order valence-electron chi connectivity index (χ1n) is 4.45. The van der Waals surface area contributed by atoms with Crippen molar-refractivity contribution in [3.63, 3.8) is 0 Å². The van der Waals surface area contributed by atoms with Gasteiger partial charge in [-0.2, -0.15) is 4.98 Å². The van der Waals surface area contributed by atoms with Gasteiger partial charge in [-0.3, -0.25) is 4.21 Å². The lowest BCUT2D eigenvalue weighted by Gasteiger charge is -2.24. The van der Waals surface area contributed by atoms with Gasteiger partial charge in [0.1, 0.15) is 12.0 Å². The third-order valence-electron chi connectivity index (χ3n) is 2.15. The maximum atomic E-state index is 11.1. The van der Waals surface area contributed by atoms with Crippen LogP contribution in [0.5, 0.6) is 0 Å². The van der Waals surface area contributed by atoms with Crippen molar-refractivity contribution in [1.29, 1.82) is 0 Å². The number of nitrogens with zero attached hydrogens (tertiary/aromatic N) is 2. The zero-order valence-electron chi connectivity index (χ0n) is 7.68. The lowest BCUT2D eigenvalue weighted by Crippen LogP contribution is -2.37. The summed E-state index contributed by atoms with van der Waals surface area (Å²) in [6, 6.07) is 0.519. The van der Waals surface area contributed by atoms with Crippen molar-refractivity contribution in [3.8, 4) is 0 Å². The molecular formula is C8H12N2O3S. The van der Waals surface area contributed by atoms with Gasteiger partial charge in [0, 0.05) is 35.4 Å². The second kappa shape index (κ2) is 4.10. The Morgan fingerprint density at radius 1 is 1.57 bits per heavy atom. The fourth-order valence-electron chi connectivity index (χ4n) is 1.34. The molecule has 0 bridgehead atoms. The Labute approximate surface area is 84.2 Å². The monoisotopic (exact) mass is 216 g/mol. The number of hydrogen-bond donors (Lipinski definition) is 1. The fraction of sp³-hybridized carbons (Fsp3) is 0.625. The molecule has 6 heteroatoms. The molecule has 1 aliphatic heterocycles. The van der Waals surface area contributed by atoms with Crippen LogP contribution in [0.4, 0.5) is 6.01 Å². The Hall–Kier alpha value is -0.880. The predicted molar refractivity (Wildman–Crippen MR) is 52.5 cm³/mol. The molecule has 5 nitrogen and oxygen atoms in total. The summed E-state index contributed by atoms with van der Waals surface area (Å²) in [5.41, 5.74) is 0.534. The van der Waals surface area contributed by atoms with Gasteiger partial charge in [0.2, 0.25) is 0 Å². The van der Waals surface area contributed by atoms with Gasteiger partial charge in [-0.05, 0) is 0 Å². The minimum atomic E-state index is -0.690. The molecule has 2 heterocycles. The maximum Gasteiger partial charge on any atom is 0.297 e. The lowest BCUT2D eigenvalue weighted by atomic mass is 10.5. The first-order valence-corrected chi connectivity index (χ1v) is 5.93. The lowest BCUT2D eigenvalue weighted by molar-refractivity contribution is 0.276. The summed E-state index contributed by atoms with van der Waals surface area (Å²) in [5.74, 6) is 1.33. The van der Waals surface area contributed by atoms with Crippen molar-refractivity contribution >= 4 is 16.8 Å². The molecule has 14 heavy (non-hydrogen) atoms. The van der Waals surface area contributed by atoms with Gasteiger partial charge in [0.15, 0.2) is 0 Å². The molecule has 0 unspecified atom stereocenters. The van der Waals surface area contributed by atoms with E-state index in [0.29, 0.717) is 36.3 Å². The van der Waals surface area contributed by atoms with Crippen molar-refractivity contribution < 1.29 is 13.7 Å². The van der Waals surface area contributed by atoms with E-state index in [1.165, 1.54) is 6.26 Å². The molecule has 78 valence electrons. The number of aromatic nitrogens is 1. The summed E-state index contributed by atoms with van der Waals surface area (Å²) in [6.45, 7) is 1.30. The average molecular weight is 216 g/mol. The van der Waals surface area contributed by atoms with E-state index in [-0.39, 0.29) is 6.61 Å². The maximum absolute atomic E-state index is 11.1. The van der Waals surface area contributed by atoms with Crippen LogP contribution in [0.15, 0.2) is 10.7 Å². The van der Waals surface area contributed by atoms with Crippen LogP contribution in [0, 0.1) is 0 Å². The molecule has 0 atom stereocenters. The molecule has 1 aromatic heterocycles. The molecule has 0 saturated carbocycles. The number of oxazole rings is 1. The fourth-order valence-corrected chi connectivity index (χ4v) is 2.40. The number of hydrogen-bond acceptors (Lipinski definition) is 5. The van der Waals surface area contributed by atoms with Crippen LogP contribution >= 0.6 is 0 Å². The summed E-state index contributed by atoms with van der Waals surface area (Å²) in [4.78, 5) is 6.03. The summed E-state index contributed by atoms with van der Waals surface area (Å²) < 4.78 is 16.3. The molecule has 1 aliphatic rings. The normalized spacial score (nSPS) is 18.8. The highest BCUT2D eigenvalue weighted by molar-refractivity contribution is 7.85. The molecule has 1 saturated heterocycles. The first kappa shape index (κ1) is 9.67. The molecule has 1 aromatic rings. The number of aliphatic hydroxyl groups excluding tert-OH is 1. The van der Waals surface area contributed by atoms with Crippen molar-refractivity contribution in [2.45, 2.75) is 6.61 Å². The molecule has 0 radical (unpaired) electrons. The van der Waals surface area contributed by atoms with Crippen LogP contribution in [0.25, 0.3) is 0 Å². The smallest absolute Gasteiger partial charge is 0.297 e. The highest BCUT2D eigenvalue weighted by Crippen LogP contribution is 2.15. The van der Waals surface area contributed by atoms with Gasteiger partial charge >= 0.3 is 0 Å². The van der Waals surface area contributed by atoms with Crippen molar-refractivity contribution in [1.82, 2.24) is 4.98 Å². The van der Waals surface area contributed by atoms with Gasteiger partial charge in [0.05, 0.1) is 6.61 Å². The van der Waals surface area contributed by atoms with E-state index in [4.69, 9.17) is 9.52 Å². The topological polar surface area (TPSA) is 66.6 Å². The third-order valence-corrected chi connectivity index (χ3v) is 3.43. The van der Waals surface area contributed by atoms with E-state index in [9.17, 15) is 4.21 Å². The molecule has 1 fully saturated rings. The molecular weight excluding hydrogens is 204 g/mol. The minimum absolute atomic E-state index is 0.108. The Balaban J connectivity index is 2.04. The van der Waals surface area contributed by atoms with Crippen LogP contribution in [0.2, 0.25) is 0 Å². The SMILES string of the molecule is O=S1CCN(c2nc(CO)co2)CC1. The molecule has 0 aliphatic carbocycles. The Kier molecular flexibility index (Phi) is 2.83.